The van der Waals surface area contributed by atoms with Gasteiger partial charge in [-0.2, -0.15) is 40.7 Å². The zero-order valence-corrected chi connectivity index (χ0v) is 27.3. The molecular formula is C32H31F9N8O4. The van der Waals surface area contributed by atoms with Crippen LogP contribution in [0.4, 0.5) is 62.8 Å². The largest absolute Gasteiger partial charge is 0.468 e. The van der Waals surface area contributed by atoms with Crippen LogP contribution in [0.5, 0.6) is 11.8 Å². The molecule has 2 aliphatic heterocycles. The molecule has 2 fully saturated rings. The Labute approximate surface area is 295 Å². The highest BCUT2D eigenvalue weighted by molar-refractivity contribution is 5.55. The van der Waals surface area contributed by atoms with E-state index in [0.717, 1.165) is 12.6 Å². The van der Waals surface area contributed by atoms with Gasteiger partial charge in [0.05, 0.1) is 31.6 Å². The standard InChI is InChI=1S/C16H15F5N4O2.C16H16F4N4O2/c17-11-5-9(1-2-10(11)13-7-22-3-4-26-13)24-15-23-6-12(18)14(25-15)27-8-16(19,20)21;17-12-7-10(1-2-11(12)13-8-21-5-6-25-13)23-15-22-4-3-14(24-15)26-9-16(18,19)20/h1-2,5-6,13,22H,3-4,7-8H2,(H,23,24,25);1-4,7,13,21H,5-6,8-9H2,(H,22,23,24)/t2*13-/m00/s1. The van der Waals surface area contributed by atoms with Crippen LogP contribution in [-0.2, 0) is 9.47 Å². The van der Waals surface area contributed by atoms with Crippen molar-refractivity contribution in [2.24, 2.45) is 0 Å². The summed E-state index contributed by atoms with van der Waals surface area (Å²) >= 11 is 0. The molecule has 53 heavy (non-hydrogen) atoms. The Bertz CT molecular complexity index is 1810. The summed E-state index contributed by atoms with van der Waals surface area (Å²) in [5.74, 6) is -3.49. The predicted octanol–water partition coefficient (Wildman–Crippen LogP) is 6.06. The number of benzene rings is 2. The summed E-state index contributed by atoms with van der Waals surface area (Å²) < 4.78 is 135. The molecule has 2 aromatic carbocycles. The number of ether oxygens (including phenoxy) is 4. The summed E-state index contributed by atoms with van der Waals surface area (Å²) in [5, 5.41) is 11.5. The average Bonchev–Trinajstić information content (AvgIpc) is 3.12. The Morgan fingerprint density at radius 3 is 1.70 bits per heavy atom. The van der Waals surface area contributed by atoms with Crippen molar-refractivity contribution in [3.05, 3.63) is 83.4 Å². The lowest BCUT2D eigenvalue weighted by Crippen LogP contribution is -2.33. The van der Waals surface area contributed by atoms with Gasteiger partial charge in [0.15, 0.2) is 13.2 Å². The lowest BCUT2D eigenvalue weighted by molar-refractivity contribution is -0.154. The number of alkyl halides is 6. The molecule has 0 spiro atoms. The molecule has 4 aromatic rings. The molecule has 0 unspecified atom stereocenters. The first-order valence-electron chi connectivity index (χ1n) is 15.7. The lowest BCUT2D eigenvalue weighted by atomic mass is 10.1. The third-order valence-electron chi connectivity index (χ3n) is 7.16. The summed E-state index contributed by atoms with van der Waals surface area (Å²) in [6, 6.07) is 9.85. The minimum absolute atomic E-state index is 0.00703. The second kappa shape index (κ2) is 17.7. The second-order valence-corrected chi connectivity index (χ2v) is 11.2. The number of nitrogens with one attached hydrogen (secondary N) is 4. The van der Waals surface area contributed by atoms with Crippen molar-refractivity contribution < 1.29 is 58.5 Å². The van der Waals surface area contributed by atoms with Crippen LogP contribution in [0.1, 0.15) is 23.3 Å². The minimum atomic E-state index is -4.64. The van der Waals surface area contributed by atoms with Crippen molar-refractivity contribution >= 4 is 23.3 Å². The predicted molar refractivity (Wildman–Crippen MR) is 170 cm³/mol. The van der Waals surface area contributed by atoms with Crippen LogP contribution in [0.25, 0.3) is 0 Å². The van der Waals surface area contributed by atoms with E-state index in [1.165, 1.54) is 30.5 Å². The quantitative estimate of drug-likeness (QED) is 0.140. The SMILES string of the molecule is Fc1cc(Nc2ncc(F)c(OCC(F)(F)F)n2)ccc1[C@@H]1CNCCO1.Fc1cc(Nc2nccc(OCC(F)(F)F)n2)ccc1[C@@H]1CNCCO1. The van der Waals surface area contributed by atoms with E-state index >= 15 is 0 Å². The van der Waals surface area contributed by atoms with Crippen LogP contribution in [0.15, 0.2) is 54.9 Å². The van der Waals surface area contributed by atoms with Gasteiger partial charge < -0.3 is 40.2 Å². The summed E-state index contributed by atoms with van der Waals surface area (Å²) in [7, 11) is 0. The highest BCUT2D eigenvalue weighted by atomic mass is 19.4. The van der Waals surface area contributed by atoms with Crippen LogP contribution in [0.3, 0.4) is 0 Å². The molecule has 4 heterocycles. The van der Waals surface area contributed by atoms with Crippen molar-refractivity contribution in [2.75, 3.05) is 63.2 Å². The van der Waals surface area contributed by atoms with E-state index in [-0.39, 0.29) is 29.6 Å². The fraction of sp³-hybridized carbons (Fsp3) is 0.375. The van der Waals surface area contributed by atoms with Crippen molar-refractivity contribution in [3.63, 3.8) is 0 Å². The van der Waals surface area contributed by atoms with Gasteiger partial charge in [-0.3, -0.25) is 0 Å². The molecule has 2 saturated heterocycles. The monoisotopic (exact) mass is 762 g/mol. The van der Waals surface area contributed by atoms with E-state index in [2.05, 4.69) is 50.7 Å². The van der Waals surface area contributed by atoms with E-state index < -0.39 is 55.0 Å². The normalized spacial score (nSPS) is 17.7. The van der Waals surface area contributed by atoms with Gasteiger partial charge in [-0.15, -0.1) is 0 Å². The molecule has 0 bridgehead atoms. The van der Waals surface area contributed by atoms with Crippen LogP contribution >= 0.6 is 0 Å². The highest BCUT2D eigenvalue weighted by Gasteiger charge is 2.30. The number of rotatable bonds is 10. The molecule has 0 radical (unpaired) electrons. The topological polar surface area (TPSA) is 137 Å². The summed E-state index contributed by atoms with van der Waals surface area (Å²) in [4.78, 5) is 14.8. The van der Waals surface area contributed by atoms with Gasteiger partial charge in [-0.05, 0) is 24.3 Å². The summed E-state index contributed by atoms with van der Waals surface area (Å²) in [5.41, 5.74) is 1.37. The number of morpholine rings is 2. The van der Waals surface area contributed by atoms with Crippen molar-refractivity contribution in [1.29, 1.82) is 0 Å². The first-order valence-corrected chi connectivity index (χ1v) is 15.7. The molecule has 0 aliphatic carbocycles. The number of halogens is 9. The molecule has 0 saturated carbocycles. The van der Waals surface area contributed by atoms with Crippen molar-refractivity contribution in [2.45, 2.75) is 24.6 Å². The van der Waals surface area contributed by atoms with Gasteiger partial charge in [0.25, 0.3) is 5.88 Å². The van der Waals surface area contributed by atoms with E-state index in [9.17, 15) is 39.5 Å². The fourth-order valence-corrected chi connectivity index (χ4v) is 4.82. The Hall–Kier alpha value is -4.99. The van der Waals surface area contributed by atoms with Gasteiger partial charge in [-0.25, -0.2) is 18.7 Å². The first kappa shape index (κ1) is 39.2. The van der Waals surface area contributed by atoms with Crippen molar-refractivity contribution in [3.8, 4) is 11.8 Å². The molecule has 286 valence electrons. The second-order valence-electron chi connectivity index (χ2n) is 11.2. The Kier molecular flexibility index (Phi) is 13.1. The molecule has 6 rings (SSSR count). The van der Waals surface area contributed by atoms with Gasteiger partial charge in [0.1, 0.15) is 11.6 Å². The van der Waals surface area contributed by atoms with Gasteiger partial charge in [-0.1, -0.05) is 12.1 Å². The molecule has 2 aliphatic rings. The number of aromatic nitrogens is 4. The number of hydrogen-bond acceptors (Lipinski definition) is 12. The van der Waals surface area contributed by atoms with Gasteiger partial charge in [0.2, 0.25) is 23.6 Å². The number of anilines is 4. The average molecular weight is 763 g/mol. The minimum Gasteiger partial charge on any atom is -0.468 e. The molecule has 2 atom stereocenters. The third-order valence-corrected chi connectivity index (χ3v) is 7.16. The Balaban J connectivity index is 0.000000204. The molecule has 0 amide bonds. The van der Waals surface area contributed by atoms with E-state index in [4.69, 9.17) is 9.47 Å². The van der Waals surface area contributed by atoms with E-state index in [1.807, 2.05) is 0 Å². The van der Waals surface area contributed by atoms with Crippen LogP contribution in [0.2, 0.25) is 0 Å². The molecule has 4 N–H and O–H groups in total. The Morgan fingerprint density at radius 1 is 0.679 bits per heavy atom. The van der Waals surface area contributed by atoms with Crippen LogP contribution in [-0.4, -0.2) is 84.9 Å². The Morgan fingerprint density at radius 2 is 1.21 bits per heavy atom. The molecule has 12 nitrogen and oxygen atoms in total. The third kappa shape index (κ3) is 12.3. The maximum atomic E-state index is 14.3. The molecule has 2 aromatic heterocycles. The van der Waals surface area contributed by atoms with Gasteiger partial charge in [0, 0.05) is 60.9 Å². The van der Waals surface area contributed by atoms with Gasteiger partial charge >= 0.3 is 12.4 Å². The van der Waals surface area contributed by atoms with E-state index in [1.54, 1.807) is 12.1 Å². The zero-order valence-electron chi connectivity index (χ0n) is 27.3. The smallest absolute Gasteiger partial charge is 0.422 e. The van der Waals surface area contributed by atoms with Crippen LogP contribution < -0.4 is 30.7 Å². The highest BCUT2D eigenvalue weighted by Crippen LogP contribution is 2.28. The summed E-state index contributed by atoms with van der Waals surface area (Å²) in [6.07, 6.45) is -7.99. The maximum absolute atomic E-state index is 14.3. The lowest BCUT2D eigenvalue weighted by Gasteiger charge is -2.24. The van der Waals surface area contributed by atoms with E-state index in [0.29, 0.717) is 55.9 Å². The fourth-order valence-electron chi connectivity index (χ4n) is 4.82. The molecular weight excluding hydrogens is 731 g/mol. The van der Waals surface area contributed by atoms with Crippen molar-refractivity contribution in [1.82, 2.24) is 30.6 Å². The first-order chi connectivity index (χ1) is 25.2. The number of hydrogen-bond donors (Lipinski definition) is 4. The maximum Gasteiger partial charge on any atom is 0.422 e. The zero-order chi connectivity index (χ0) is 38.0. The van der Waals surface area contributed by atoms with Crippen LogP contribution in [0, 0.1) is 17.5 Å². The summed E-state index contributed by atoms with van der Waals surface area (Å²) in [6.45, 7) is 0.231. The number of nitrogens with zero attached hydrogens (tertiary/aromatic N) is 4. The molecule has 21 heteroatoms.